The Morgan fingerprint density at radius 3 is 2.57 bits per heavy atom. The molecule has 3 aromatic carbocycles. The van der Waals surface area contributed by atoms with Crippen molar-refractivity contribution < 1.29 is 14.2 Å². The number of hydrogen-bond donors (Lipinski definition) is 1. The first-order valence-corrected chi connectivity index (χ1v) is 10.9. The Kier molecular flexibility index (Phi) is 5.03. The fourth-order valence-electron chi connectivity index (χ4n) is 5.22. The molecule has 0 unspecified atom stereocenters. The molecule has 2 aliphatic rings. The lowest BCUT2D eigenvalue weighted by molar-refractivity contribution is 0.0330. The van der Waals surface area contributed by atoms with Gasteiger partial charge in [-0.25, -0.2) is 0 Å². The number of ether oxygens (including phenoxy) is 3. The Morgan fingerprint density at radius 1 is 0.967 bits per heavy atom. The summed E-state index contributed by atoms with van der Waals surface area (Å²) in [6.45, 7) is 0.815. The number of benzene rings is 3. The Labute approximate surface area is 178 Å². The number of fused-ring (bicyclic) bond motifs is 2. The third-order valence-electron chi connectivity index (χ3n) is 6.73. The molecule has 1 spiro atoms. The summed E-state index contributed by atoms with van der Waals surface area (Å²) in [6, 6.07) is 19.4. The highest BCUT2D eigenvalue weighted by molar-refractivity contribution is 5.85. The summed E-state index contributed by atoms with van der Waals surface area (Å²) in [7, 11) is 3.37. The standard InChI is InChI=1S/C26H29NO3/c1-28-23-13-12-21-22(16-26(14-5-6-15-26)30-24(21)25(23)29-2)27-17-19-10-7-9-18-8-3-4-11-20(18)19/h3-4,7-13,22,27H,5-6,14-17H2,1-2H3/t22-/m0/s1. The molecule has 0 aromatic heterocycles. The topological polar surface area (TPSA) is 39.7 Å². The van der Waals surface area contributed by atoms with Crippen molar-refractivity contribution in [2.75, 3.05) is 14.2 Å². The second kappa shape index (κ2) is 7.84. The van der Waals surface area contributed by atoms with Gasteiger partial charge in [0.05, 0.1) is 14.2 Å². The SMILES string of the molecule is COc1ccc2c(c1OC)OC1(CCCC1)C[C@@H]2NCc1cccc2ccccc12. The van der Waals surface area contributed by atoms with Gasteiger partial charge in [-0.15, -0.1) is 0 Å². The summed E-state index contributed by atoms with van der Waals surface area (Å²) in [4.78, 5) is 0. The van der Waals surface area contributed by atoms with E-state index in [2.05, 4.69) is 53.8 Å². The molecule has 0 bridgehead atoms. The van der Waals surface area contributed by atoms with E-state index < -0.39 is 0 Å². The van der Waals surface area contributed by atoms with Gasteiger partial charge in [0.1, 0.15) is 5.60 Å². The van der Waals surface area contributed by atoms with E-state index in [0.717, 1.165) is 42.9 Å². The number of hydrogen-bond acceptors (Lipinski definition) is 4. The summed E-state index contributed by atoms with van der Waals surface area (Å²) in [5, 5.41) is 6.44. The summed E-state index contributed by atoms with van der Waals surface area (Å²) in [5.74, 6) is 2.28. The minimum absolute atomic E-state index is 0.108. The van der Waals surface area contributed by atoms with Crippen LogP contribution in [0.15, 0.2) is 54.6 Å². The largest absolute Gasteiger partial charge is 0.493 e. The summed E-state index contributed by atoms with van der Waals surface area (Å²) in [6.07, 6.45) is 5.62. The van der Waals surface area contributed by atoms with E-state index in [1.165, 1.54) is 29.2 Å². The first-order valence-electron chi connectivity index (χ1n) is 10.9. The summed E-state index contributed by atoms with van der Waals surface area (Å²) >= 11 is 0. The zero-order valence-electron chi connectivity index (χ0n) is 17.7. The molecule has 1 aliphatic heterocycles. The van der Waals surface area contributed by atoms with Crippen LogP contribution >= 0.6 is 0 Å². The molecule has 156 valence electrons. The van der Waals surface area contributed by atoms with Gasteiger partial charge in [0, 0.05) is 24.6 Å². The lowest BCUT2D eigenvalue weighted by Crippen LogP contribution is -2.42. The molecule has 30 heavy (non-hydrogen) atoms. The van der Waals surface area contributed by atoms with E-state index in [0.29, 0.717) is 5.75 Å². The molecule has 0 radical (unpaired) electrons. The van der Waals surface area contributed by atoms with Crippen molar-refractivity contribution in [1.82, 2.24) is 5.32 Å². The monoisotopic (exact) mass is 403 g/mol. The Bertz CT molecular complexity index is 1050. The highest BCUT2D eigenvalue weighted by Gasteiger charge is 2.44. The fourth-order valence-corrected chi connectivity index (χ4v) is 5.22. The van der Waals surface area contributed by atoms with E-state index in [4.69, 9.17) is 14.2 Å². The molecule has 3 aromatic rings. The van der Waals surface area contributed by atoms with Crippen molar-refractivity contribution in [3.63, 3.8) is 0 Å². The molecule has 0 amide bonds. The normalized spacial score (nSPS) is 19.5. The van der Waals surface area contributed by atoms with E-state index in [9.17, 15) is 0 Å². The highest BCUT2D eigenvalue weighted by atomic mass is 16.5. The Balaban J connectivity index is 1.50. The number of methoxy groups -OCH3 is 2. The predicted octanol–water partition coefficient (Wildman–Crippen LogP) is 5.78. The molecule has 0 saturated heterocycles. The van der Waals surface area contributed by atoms with E-state index in [1.807, 2.05) is 6.07 Å². The van der Waals surface area contributed by atoms with Crippen molar-refractivity contribution in [2.45, 2.75) is 50.3 Å². The molecule has 1 heterocycles. The van der Waals surface area contributed by atoms with Gasteiger partial charge < -0.3 is 19.5 Å². The van der Waals surface area contributed by atoms with Crippen LogP contribution in [-0.2, 0) is 6.54 Å². The van der Waals surface area contributed by atoms with Crippen LogP contribution in [0, 0.1) is 0 Å². The van der Waals surface area contributed by atoms with E-state index in [-0.39, 0.29) is 11.6 Å². The highest BCUT2D eigenvalue weighted by Crippen LogP contribution is 2.52. The number of nitrogens with one attached hydrogen (secondary N) is 1. The van der Waals surface area contributed by atoms with E-state index >= 15 is 0 Å². The molecule has 4 nitrogen and oxygen atoms in total. The van der Waals surface area contributed by atoms with Crippen LogP contribution in [0.4, 0.5) is 0 Å². The number of rotatable bonds is 5. The molecule has 4 heteroatoms. The molecule has 5 rings (SSSR count). The van der Waals surface area contributed by atoms with Gasteiger partial charge in [0.25, 0.3) is 0 Å². The van der Waals surface area contributed by atoms with Crippen molar-refractivity contribution >= 4 is 10.8 Å². The van der Waals surface area contributed by atoms with Crippen molar-refractivity contribution in [2.24, 2.45) is 0 Å². The maximum absolute atomic E-state index is 6.65. The molecule has 1 atom stereocenters. The quantitative estimate of drug-likeness (QED) is 0.586. The van der Waals surface area contributed by atoms with Gasteiger partial charge in [-0.1, -0.05) is 42.5 Å². The predicted molar refractivity (Wildman–Crippen MR) is 120 cm³/mol. The molecule has 1 saturated carbocycles. The van der Waals surface area contributed by atoms with Crippen LogP contribution in [0.2, 0.25) is 0 Å². The zero-order chi connectivity index (χ0) is 20.6. The lowest BCUT2D eigenvalue weighted by atomic mass is 9.85. The Morgan fingerprint density at radius 2 is 1.77 bits per heavy atom. The second-order valence-electron chi connectivity index (χ2n) is 8.49. The van der Waals surface area contributed by atoms with E-state index in [1.54, 1.807) is 14.2 Å². The van der Waals surface area contributed by atoms with Crippen molar-refractivity contribution in [3.05, 3.63) is 65.7 Å². The summed E-state index contributed by atoms with van der Waals surface area (Å²) in [5.41, 5.74) is 2.37. The molecule has 1 fully saturated rings. The smallest absolute Gasteiger partial charge is 0.203 e. The third-order valence-corrected chi connectivity index (χ3v) is 6.73. The van der Waals surface area contributed by atoms with Crippen LogP contribution in [0.1, 0.15) is 49.3 Å². The average Bonchev–Trinajstić information content (AvgIpc) is 3.23. The van der Waals surface area contributed by atoms with Gasteiger partial charge in [-0.05, 0) is 54.2 Å². The third kappa shape index (κ3) is 3.29. The van der Waals surface area contributed by atoms with Crippen LogP contribution in [-0.4, -0.2) is 19.8 Å². The first kappa shape index (κ1) is 19.3. The molecule has 1 aliphatic carbocycles. The fraction of sp³-hybridized carbons (Fsp3) is 0.385. The van der Waals surface area contributed by atoms with Gasteiger partial charge in [-0.3, -0.25) is 0 Å². The van der Waals surface area contributed by atoms with Crippen LogP contribution in [0.25, 0.3) is 10.8 Å². The van der Waals surface area contributed by atoms with Crippen molar-refractivity contribution in [3.8, 4) is 17.2 Å². The minimum Gasteiger partial charge on any atom is -0.493 e. The van der Waals surface area contributed by atoms with Crippen LogP contribution in [0.3, 0.4) is 0 Å². The van der Waals surface area contributed by atoms with Crippen molar-refractivity contribution in [1.29, 1.82) is 0 Å². The van der Waals surface area contributed by atoms with Gasteiger partial charge in [0.15, 0.2) is 11.5 Å². The molecule has 1 N–H and O–H groups in total. The summed E-state index contributed by atoms with van der Waals surface area (Å²) < 4.78 is 17.9. The zero-order valence-corrected chi connectivity index (χ0v) is 17.7. The van der Waals surface area contributed by atoms with Gasteiger partial charge in [0.2, 0.25) is 5.75 Å². The average molecular weight is 404 g/mol. The van der Waals surface area contributed by atoms with Gasteiger partial charge >= 0.3 is 0 Å². The van der Waals surface area contributed by atoms with Crippen LogP contribution < -0.4 is 19.5 Å². The van der Waals surface area contributed by atoms with Crippen LogP contribution in [0.5, 0.6) is 17.2 Å². The second-order valence-corrected chi connectivity index (χ2v) is 8.49. The maximum Gasteiger partial charge on any atom is 0.203 e. The maximum atomic E-state index is 6.65. The molecular weight excluding hydrogens is 374 g/mol. The minimum atomic E-state index is -0.108. The lowest BCUT2D eigenvalue weighted by Gasteiger charge is -2.41. The first-order chi connectivity index (χ1) is 14.7. The van der Waals surface area contributed by atoms with Gasteiger partial charge in [-0.2, -0.15) is 0 Å². The Hall–Kier alpha value is -2.72. The molecular formula is C26H29NO3.